The molecule has 2 aliphatic rings. The van der Waals surface area contributed by atoms with Crippen molar-refractivity contribution < 1.29 is 24.5 Å². The number of benzene rings is 2. The molecule has 5 rings (SSSR count). The first-order valence-corrected chi connectivity index (χ1v) is 10.6. The number of phenolic OH excluding ortho intramolecular Hbond substituents is 2. The molecule has 6 heteroatoms. The Morgan fingerprint density at radius 1 is 1.06 bits per heavy atom. The molecule has 3 atom stereocenters. The molecule has 3 N–H and O–H groups in total. The van der Waals surface area contributed by atoms with E-state index >= 15 is 0 Å². The van der Waals surface area contributed by atoms with Gasteiger partial charge in [-0.15, -0.1) is 0 Å². The maximum absolute atomic E-state index is 13.2. The van der Waals surface area contributed by atoms with E-state index < -0.39 is 11.7 Å². The van der Waals surface area contributed by atoms with Gasteiger partial charge in [0, 0.05) is 29.2 Å². The first-order chi connectivity index (χ1) is 14.6. The molecule has 1 aliphatic heterocycles. The molecule has 0 amide bonds. The van der Waals surface area contributed by atoms with E-state index in [1.807, 2.05) is 20.8 Å². The monoisotopic (exact) mass is 422 g/mol. The van der Waals surface area contributed by atoms with Gasteiger partial charge in [-0.3, -0.25) is 4.79 Å². The van der Waals surface area contributed by atoms with Crippen molar-refractivity contribution in [1.29, 1.82) is 0 Å². The van der Waals surface area contributed by atoms with Gasteiger partial charge in [0.25, 0.3) is 0 Å². The van der Waals surface area contributed by atoms with Gasteiger partial charge in [0.05, 0.1) is 6.10 Å². The fourth-order valence-corrected chi connectivity index (χ4v) is 5.42. The average molecular weight is 422 g/mol. The van der Waals surface area contributed by atoms with Crippen molar-refractivity contribution in [3.05, 3.63) is 52.2 Å². The lowest BCUT2D eigenvalue weighted by Crippen LogP contribution is -2.58. The zero-order valence-corrected chi connectivity index (χ0v) is 17.8. The lowest BCUT2D eigenvalue weighted by Gasteiger charge is -2.55. The van der Waals surface area contributed by atoms with Crippen LogP contribution in [0.15, 0.2) is 45.6 Å². The SMILES string of the molecule is CC1(C)[C@H](O)CC[C@@]2(C)Oc3c(c(O)cc4oc(-c5ccc(O)cc5)cc(=O)c34)C[C@H]12. The summed E-state index contributed by atoms with van der Waals surface area (Å²) >= 11 is 0. The van der Waals surface area contributed by atoms with Crippen LogP contribution < -0.4 is 10.2 Å². The van der Waals surface area contributed by atoms with Crippen molar-refractivity contribution in [2.75, 3.05) is 0 Å². The number of hydrogen-bond donors (Lipinski definition) is 3. The molecule has 0 spiro atoms. The Morgan fingerprint density at radius 3 is 2.48 bits per heavy atom. The van der Waals surface area contributed by atoms with E-state index in [-0.39, 0.29) is 33.8 Å². The fourth-order valence-electron chi connectivity index (χ4n) is 5.42. The highest BCUT2D eigenvalue weighted by atomic mass is 16.5. The maximum Gasteiger partial charge on any atom is 0.197 e. The van der Waals surface area contributed by atoms with Gasteiger partial charge in [-0.1, -0.05) is 13.8 Å². The third kappa shape index (κ3) is 2.92. The van der Waals surface area contributed by atoms with Gasteiger partial charge in [0.1, 0.15) is 39.6 Å². The van der Waals surface area contributed by atoms with Crippen molar-refractivity contribution >= 4 is 11.0 Å². The minimum atomic E-state index is -0.557. The average Bonchev–Trinajstić information content (AvgIpc) is 2.70. The second kappa shape index (κ2) is 6.50. The maximum atomic E-state index is 13.2. The zero-order valence-electron chi connectivity index (χ0n) is 17.8. The molecule has 3 aromatic rings. The second-order valence-electron chi connectivity index (χ2n) is 9.65. The van der Waals surface area contributed by atoms with Crippen molar-refractivity contribution in [1.82, 2.24) is 0 Å². The van der Waals surface area contributed by atoms with Gasteiger partial charge < -0.3 is 24.5 Å². The van der Waals surface area contributed by atoms with Gasteiger partial charge >= 0.3 is 0 Å². The first-order valence-electron chi connectivity index (χ1n) is 10.6. The summed E-state index contributed by atoms with van der Waals surface area (Å²) in [5.74, 6) is 0.857. The van der Waals surface area contributed by atoms with Crippen molar-refractivity contribution in [2.45, 2.75) is 51.7 Å². The van der Waals surface area contributed by atoms with Crippen LogP contribution in [0.5, 0.6) is 17.2 Å². The van der Waals surface area contributed by atoms with Crippen LogP contribution in [0, 0.1) is 11.3 Å². The van der Waals surface area contributed by atoms with Gasteiger partial charge in [0.15, 0.2) is 5.43 Å². The molecule has 6 nitrogen and oxygen atoms in total. The Labute approximate surface area is 179 Å². The van der Waals surface area contributed by atoms with Crippen LogP contribution >= 0.6 is 0 Å². The molecule has 0 saturated heterocycles. The van der Waals surface area contributed by atoms with Crippen LogP contribution in [0.1, 0.15) is 39.2 Å². The largest absolute Gasteiger partial charge is 0.508 e. The Balaban J connectivity index is 1.69. The number of fused-ring (bicyclic) bond motifs is 4. The van der Waals surface area contributed by atoms with E-state index in [0.29, 0.717) is 47.3 Å². The molecule has 0 radical (unpaired) electrons. The fraction of sp³-hybridized carbons (Fsp3) is 0.400. The van der Waals surface area contributed by atoms with Crippen molar-refractivity contribution in [2.24, 2.45) is 11.3 Å². The highest BCUT2D eigenvalue weighted by Crippen LogP contribution is 2.55. The summed E-state index contributed by atoms with van der Waals surface area (Å²) in [6.07, 6.45) is 1.34. The molecule has 2 heterocycles. The quantitative estimate of drug-likeness (QED) is 0.539. The summed E-state index contributed by atoms with van der Waals surface area (Å²) in [5.41, 5.74) is 0.284. The topological polar surface area (TPSA) is 100 Å². The molecule has 2 aromatic carbocycles. The summed E-state index contributed by atoms with van der Waals surface area (Å²) < 4.78 is 12.5. The van der Waals surface area contributed by atoms with Crippen molar-refractivity contribution in [3.63, 3.8) is 0 Å². The van der Waals surface area contributed by atoms with E-state index in [1.54, 1.807) is 12.1 Å². The van der Waals surface area contributed by atoms with Gasteiger partial charge in [-0.2, -0.15) is 0 Å². The molecular weight excluding hydrogens is 396 g/mol. The third-order valence-corrected chi connectivity index (χ3v) is 7.36. The van der Waals surface area contributed by atoms with E-state index in [4.69, 9.17) is 9.15 Å². The van der Waals surface area contributed by atoms with Gasteiger partial charge in [-0.25, -0.2) is 0 Å². The van der Waals surface area contributed by atoms with E-state index in [0.717, 1.165) is 0 Å². The highest BCUT2D eigenvalue weighted by molar-refractivity contribution is 5.88. The van der Waals surface area contributed by atoms with E-state index in [2.05, 4.69) is 0 Å². The Hall–Kier alpha value is -2.99. The summed E-state index contributed by atoms with van der Waals surface area (Å²) in [7, 11) is 0. The van der Waals surface area contributed by atoms with Gasteiger partial charge in [-0.05, 0) is 55.9 Å². The Bertz CT molecular complexity index is 1240. The van der Waals surface area contributed by atoms with E-state index in [1.165, 1.54) is 24.3 Å². The number of aromatic hydroxyl groups is 2. The normalized spacial score (nSPS) is 26.7. The van der Waals surface area contributed by atoms with Crippen LogP contribution in [-0.2, 0) is 6.42 Å². The molecule has 0 bridgehead atoms. The molecule has 1 saturated carbocycles. The van der Waals surface area contributed by atoms with Crippen LogP contribution in [0.25, 0.3) is 22.3 Å². The standard InChI is InChI=1S/C25H26O6/c1-24(2)20-10-15-16(27)11-19-22(23(15)31-25(20,3)9-8-21(24)29)17(28)12-18(30-19)13-4-6-14(26)7-5-13/h4-7,11-12,20-21,26-27,29H,8-10H2,1-3H3/t20-,21-,25-/m1/s1. The summed E-state index contributed by atoms with van der Waals surface area (Å²) in [5, 5.41) is 31.2. The Morgan fingerprint density at radius 2 is 1.77 bits per heavy atom. The third-order valence-electron chi connectivity index (χ3n) is 7.36. The van der Waals surface area contributed by atoms with E-state index in [9.17, 15) is 20.1 Å². The predicted molar refractivity (Wildman–Crippen MR) is 116 cm³/mol. The number of rotatable bonds is 1. The number of aliphatic hydroxyl groups is 1. The molecule has 31 heavy (non-hydrogen) atoms. The lowest BCUT2D eigenvalue weighted by atomic mass is 9.57. The predicted octanol–water partition coefficient (Wildman–Crippen LogP) is 4.36. The number of hydrogen-bond acceptors (Lipinski definition) is 6. The molecule has 1 fully saturated rings. The first kappa shape index (κ1) is 19.9. The Kier molecular flexibility index (Phi) is 4.18. The summed E-state index contributed by atoms with van der Waals surface area (Å²) in [4.78, 5) is 13.2. The van der Waals surface area contributed by atoms with Crippen LogP contribution in [-0.4, -0.2) is 27.0 Å². The zero-order chi connectivity index (χ0) is 22.1. The summed E-state index contributed by atoms with van der Waals surface area (Å²) in [6.45, 7) is 6.09. The minimum absolute atomic E-state index is 0.0112. The van der Waals surface area contributed by atoms with Crippen LogP contribution in [0.2, 0.25) is 0 Å². The van der Waals surface area contributed by atoms with Crippen LogP contribution in [0.3, 0.4) is 0 Å². The minimum Gasteiger partial charge on any atom is -0.508 e. The van der Waals surface area contributed by atoms with Gasteiger partial charge in [0.2, 0.25) is 0 Å². The number of phenols is 2. The number of ether oxygens (including phenoxy) is 1. The molecule has 1 aliphatic carbocycles. The highest BCUT2D eigenvalue weighted by Gasteiger charge is 2.55. The number of aliphatic hydroxyl groups excluding tert-OH is 1. The lowest BCUT2D eigenvalue weighted by molar-refractivity contribution is -0.137. The van der Waals surface area contributed by atoms with Crippen molar-refractivity contribution in [3.8, 4) is 28.6 Å². The second-order valence-corrected chi connectivity index (χ2v) is 9.65. The summed E-state index contributed by atoms with van der Waals surface area (Å²) in [6, 6.07) is 9.25. The molecule has 162 valence electrons. The van der Waals surface area contributed by atoms with Crippen LogP contribution in [0.4, 0.5) is 0 Å². The smallest absolute Gasteiger partial charge is 0.197 e. The molecule has 0 unspecified atom stereocenters. The molecule has 1 aromatic heterocycles. The molecular formula is C25H26O6.